The Balaban J connectivity index is 2.08. The van der Waals surface area contributed by atoms with Crippen LogP contribution in [0.25, 0.3) is 11.3 Å². The first kappa shape index (κ1) is 21.8. The normalized spacial score (nSPS) is 32.1. The highest BCUT2D eigenvalue weighted by molar-refractivity contribution is 6.25. The van der Waals surface area contributed by atoms with Gasteiger partial charge in [0.2, 0.25) is 5.78 Å². The Morgan fingerprint density at radius 1 is 1.19 bits per heavy atom. The molecule has 0 bridgehead atoms. The molecule has 10 nitrogen and oxygen atoms in total. The van der Waals surface area contributed by atoms with Gasteiger partial charge in [0.05, 0.1) is 29.2 Å². The summed E-state index contributed by atoms with van der Waals surface area (Å²) in [5.74, 6) is -8.78. The van der Waals surface area contributed by atoms with E-state index in [0.29, 0.717) is 0 Å². The Hall–Kier alpha value is -3.47. The molecule has 0 saturated heterocycles. The average Bonchev–Trinajstić information content (AvgIpc) is 2.70. The third kappa shape index (κ3) is 2.42. The molecule has 1 aromatic rings. The number of likely N-dealkylation sites (N-methyl/N-ethyl adjacent to an activating group) is 1. The van der Waals surface area contributed by atoms with E-state index in [0.717, 1.165) is 0 Å². The molecule has 1 aromatic carbocycles. The van der Waals surface area contributed by atoms with Crippen molar-refractivity contribution >= 4 is 28.8 Å². The summed E-state index contributed by atoms with van der Waals surface area (Å²) in [7, 11) is 2.88. The van der Waals surface area contributed by atoms with Gasteiger partial charge in [-0.3, -0.25) is 19.3 Å². The molecule has 10 heteroatoms. The molecule has 0 aliphatic heterocycles. The lowest BCUT2D eigenvalue weighted by Crippen LogP contribution is -2.70. The van der Waals surface area contributed by atoms with E-state index in [1.54, 1.807) is 0 Å². The van der Waals surface area contributed by atoms with Gasteiger partial charge in [0.25, 0.3) is 5.91 Å². The maximum Gasteiger partial charge on any atom is 0.255 e. The summed E-state index contributed by atoms with van der Waals surface area (Å²) in [4.78, 5) is 39.8. The van der Waals surface area contributed by atoms with Crippen molar-refractivity contribution in [3.63, 3.8) is 0 Å². The van der Waals surface area contributed by atoms with Crippen molar-refractivity contribution in [2.24, 2.45) is 17.6 Å². The van der Waals surface area contributed by atoms with Gasteiger partial charge in [0.1, 0.15) is 22.8 Å². The number of rotatable bonds is 2. The smallest absolute Gasteiger partial charge is 0.255 e. The molecule has 32 heavy (non-hydrogen) atoms. The van der Waals surface area contributed by atoms with Crippen molar-refractivity contribution in [1.82, 2.24) is 4.90 Å². The average molecular weight is 442 g/mol. The summed E-state index contributed by atoms with van der Waals surface area (Å²) in [6, 6.07) is 2.89. The maximum atomic E-state index is 13.6. The van der Waals surface area contributed by atoms with Crippen LogP contribution in [0.5, 0.6) is 5.75 Å². The van der Waals surface area contributed by atoms with Crippen LogP contribution in [0.2, 0.25) is 0 Å². The molecule has 5 atom stereocenters. The zero-order chi connectivity index (χ0) is 23.9. The molecular formula is C22H22N2O8. The molecule has 168 valence electrons. The van der Waals surface area contributed by atoms with Crippen LogP contribution in [-0.4, -0.2) is 79.7 Å². The van der Waals surface area contributed by atoms with Crippen LogP contribution in [0.15, 0.2) is 41.7 Å². The second-order valence-electron chi connectivity index (χ2n) is 8.44. The lowest BCUT2D eigenvalue weighted by Gasteiger charge is -2.52. The molecule has 7 N–H and O–H groups in total. The highest BCUT2D eigenvalue weighted by Gasteiger charge is 2.68. The minimum Gasteiger partial charge on any atom is -0.508 e. The van der Waals surface area contributed by atoms with Crippen molar-refractivity contribution in [3.8, 4) is 5.75 Å². The Kier molecular flexibility index (Phi) is 4.60. The summed E-state index contributed by atoms with van der Waals surface area (Å²) in [5.41, 5.74) is 1.16. The van der Waals surface area contributed by atoms with Gasteiger partial charge < -0.3 is 31.3 Å². The van der Waals surface area contributed by atoms with Gasteiger partial charge >= 0.3 is 0 Å². The molecule has 1 saturated carbocycles. The number of benzene rings is 1. The number of aromatic hydroxyl groups is 1. The predicted molar refractivity (Wildman–Crippen MR) is 111 cm³/mol. The molecule has 0 spiro atoms. The lowest BCUT2D eigenvalue weighted by molar-refractivity contribution is -0.166. The topological polar surface area (TPSA) is 182 Å². The second-order valence-corrected chi connectivity index (χ2v) is 8.44. The highest BCUT2D eigenvalue weighted by atomic mass is 16.4. The van der Waals surface area contributed by atoms with Crippen LogP contribution >= 0.6 is 0 Å². The van der Waals surface area contributed by atoms with Crippen LogP contribution in [-0.2, 0) is 14.4 Å². The monoisotopic (exact) mass is 442 g/mol. The van der Waals surface area contributed by atoms with Gasteiger partial charge in [-0.15, -0.1) is 0 Å². The van der Waals surface area contributed by atoms with Gasteiger partial charge in [-0.25, -0.2) is 0 Å². The van der Waals surface area contributed by atoms with Crippen molar-refractivity contribution in [3.05, 3.63) is 52.8 Å². The number of phenols is 1. The molecule has 0 radical (unpaired) electrons. The number of nitrogens with zero attached hydrogens (tertiary/aromatic N) is 1. The van der Waals surface area contributed by atoms with Crippen molar-refractivity contribution < 1.29 is 39.9 Å². The zero-order valence-electron chi connectivity index (χ0n) is 17.2. The zero-order valence-corrected chi connectivity index (χ0v) is 17.2. The van der Waals surface area contributed by atoms with E-state index in [4.69, 9.17) is 5.73 Å². The van der Waals surface area contributed by atoms with Crippen LogP contribution in [0.4, 0.5) is 0 Å². The summed E-state index contributed by atoms with van der Waals surface area (Å²) in [5, 5.41) is 54.7. The summed E-state index contributed by atoms with van der Waals surface area (Å²) in [6.45, 7) is 3.91. The molecule has 0 unspecified atom stereocenters. The molecule has 0 aromatic heterocycles. The van der Waals surface area contributed by atoms with E-state index in [1.807, 2.05) is 0 Å². The van der Waals surface area contributed by atoms with Gasteiger partial charge in [-0.2, -0.15) is 0 Å². The molecule has 0 heterocycles. The lowest BCUT2D eigenvalue weighted by atomic mass is 9.55. The first-order valence-electron chi connectivity index (χ1n) is 9.71. The minimum absolute atomic E-state index is 0.124. The van der Waals surface area contributed by atoms with Crippen molar-refractivity contribution in [2.75, 3.05) is 14.1 Å². The first-order chi connectivity index (χ1) is 14.9. The van der Waals surface area contributed by atoms with Gasteiger partial charge in [-0.05, 0) is 31.3 Å². The first-order valence-corrected chi connectivity index (χ1v) is 9.71. The number of phenolic OH excluding ortho intramolecular Hbond substituents is 1. The largest absolute Gasteiger partial charge is 0.508 e. The molecule has 1 fully saturated rings. The summed E-state index contributed by atoms with van der Waals surface area (Å²) in [6.07, 6.45) is -1.69. The van der Waals surface area contributed by atoms with E-state index in [9.17, 15) is 39.9 Å². The third-order valence-corrected chi connectivity index (χ3v) is 6.61. The van der Waals surface area contributed by atoms with Crippen LogP contribution in [0.1, 0.15) is 11.1 Å². The fraction of sp³-hybridized carbons (Fsp3) is 0.318. The maximum absolute atomic E-state index is 13.6. The summed E-state index contributed by atoms with van der Waals surface area (Å²) < 4.78 is 0. The van der Waals surface area contributed by atoms with Crippen LogP contribution < -0.4 is 5.73 Å². The number of fused-ring (bicyclic) bond motifs is 3. The number of Topliss-reactive ketones (excluding diaryl/α,β-unsaturated/α-hetero) is 2. The van der Waals surface area contributed by atoms with Crippen molar-refractivity contribution in [2.45, 2.75) is 17.7 Å². The highest BCUT2D eigenvalue weighted by Crippen LogP contribution is 2.55. The number of carbonyl (C=O) groups is 3. The van der Waals surface area contributed by atoms with Gasteiger partial charge in [0.15, 0.2) is 11.4 Å². The Morgan fingerprint density at radius 3 is 2.38 bits per heavy atom. The van der Waals surface area contributed by atoms with E-state index in [2.05, 4.69) is 6.58 Å². The molecule has 3 aliphatic rings. The standard InChI is InChI=1S/C22H22N2O8/c1-7-8-5-4-6-9(25)11(8)16(26)12-10(7)17(27)14-15(24(2)3)18(28)13(21(23)31)20(30)22(14,32)19(12)29/h4-6,10,14-15,17,25-27,30,32H,1H2,2-3H3,(H2,23,31)/t10-,14-,15-,17-,22+/m1/s1. The minimum atomic E-state index is -2.94. The van der Waals surface area contributed by atoms with Gasteiger partial charge in [0, 0.05) is 5.92 Å². The number of hydrogen-bond donors (Lipinski definition) is 6. The number of aliphatic hydroxyl groups excluding tert-OH is 3. The van der Waals surface area contributed by atoms with Crippen molar-refractivity contribution in [1.29, 1.82) is 0 Å². The number of aliphatic hydroxyl groups is 4. The van der Waals surface area contributed by atoms with Crippen LogP contribution in [0.3, 0.4) is 0 Å². The quantitative estimate of drug-likeness (QED) is 0.326. The Bertz CT molecular complexity index is 1180. The van der Waals surface area contributed by atoms with E-state index >= 15 is 0 Å². The number of hydrogen-bond acceptors (Lipinski definition) is 9. The summed E-state index contributed by atoms with van der Waals surface area (Å²) >= 11 is 0. The molecule has 4 rings (SSSR count). The number of ketones is 2. The van der Waals surface area contributed by atoms with E-state index in [-0.39, 0.29) is 22.4 Å². The predicted octanol–water partition coefficient (Wildman–Crippen LogP) is -0.594. The number of primary amides is 1. The number of amides is 1. The molecule has 3 aliphatic carbocycles. The van der Waals surface area contributed by atoms with Gasteiger partial charge in [-0.1, -0.05) is 18.7 Å². The number of nitrogens with two attached hydrogens (primary N) is 1. The molecule has 1 amide bonds. The van der Waals surface area contributed by atoms with E-state index < -0.39 is 69.7 Å². The Morgan fingerprint density at radius 2 is 1.81 bits per heavy atom. The fourth-order valence-electron chi connectivity index (χ4n) is 5.21. The molecular weight excluding hydrogens is 420 g/mol. The Labute approximate surface area is 182 Å². The number of carbonyl (C=O) groups excluding carboxylic acids is 3. The second kappa shape index (κ2) is 6.76. The van der Waals surface area contributed by atoms with E-state index in [1.165, 1.54) is 37.2 Å². The fourth-order valence-corrected chi connectivity index (χ4v) is 5.21. The SMILES string of the molecule is C=C1c2cccc(O)c2C(O)=C2C(=O)[C@]3(O)C(O)=C(C(N)=O)C(=O)[C@H](N(C)C)[C@@H]3[C@H](O)[C@H]12. The third-order valence-electron chi connectivity index (χ3n) is 6.61. The van der Waals surface area contributed by atoms with Crippen LogP contribution in [0, 0.1) is 11.8 Å².